The lowest BCUT2D eigenvalue weighted by molar-refractivity contribution is 0.289. The molecule has 2 heterocycles. The van der Waals surface area contributed by atoms with Crippen LogP contribution in [0.5, 0.6) is 11.5 Å². The van der Waals surface area contributed by atoms with Crippen LogP contribution in [0.1, 0.15) is 35.1 Å². The van der Waals surface area contributed by atoms with Crippen molar-refractivity contribution in [1.29, 1.82) is 0 Å². The number of ether oxygens (including phenoxy) is 2. The van der Waals surface area contributed by atoms with E-state index in [-0.39, 0.29) is 5.92 Å². The van der Waals surface area contributed by atoms with Gasteiger partial charge >= 0.3 is 0 Å². The Morgan fingerprint density at radius 1 is 0.639 bits per heavy atom. The summed E-state index contributed by atoms with van der Waals surface area (Å²) in [7, 11) is 0. The summed E-state index contributed by atoms with van der Waals surface area (Å²) in [4.78, 5) is 6.38. The molecule has 0 fully saturated rings. The topological polar surface area (TPSA) is 24.9 Å². The van der Waals surface area contributed by atoms with E-state index in [1.165, 1.54) is 22.3 Å². The molecular weight excluding hydrogens is 484 g/mol. The largest absolute Gasteiger partial charge is 0.473 e. The lowest BCUT2D eigenvalue weighted by atomic mass is 9.90. The molecule has 2 aliphatic rings. The summed E-state index contributed by atoms with van der Waals surface area (Å²) < 4.78 is 12.2. The summed E-state index contributed by atoms with van der Waals surface area (Å²) in [5.41, 5.74) is 7.20. The summed E-state index contributed by atoms with van der Waals surface area (Å²) in [6, 6.07) is 29.6. The Kier molecular flexibility index (Phi) is 6.23. The van der Waals surface area contributed by atoms with Crippen LogP contribution in [0.2, 0.25) is 0 Å². The molecule has 4 nitrogen and oxygen atoms in total. The Balaban J connectivity index is 1.23. The van der Waals surface area contributed by atoms with Crippen LogP contribution in [-0.4, -0.2) is 13.5 Å². The number of hydrogen-bond donors (Lipinski definition) is 2. The summed E-state index contributed by atoms with van der Waals surface area (Å²) in [6.45, 7) is 4.96. The van der Waals surface area contributed by atoms with Gasteiger partial charge in [-0.3, -0.25) is 0 Å². The minimum absolute atomic E-state index is 0.243. The Hall–Kier alpha value is -3.22. The first-order chi connectivity index (χ1) is 17.5. The highest BCUT2D eigenvalue weighted by Gasteiger charge is 2.22. The highest BCUT2D eigenvalue weighted by molar-refractivity contribution is 7.80. The van der Waals surface area contributed by atoms with E-state index >= 15 is 0 Å². The molecule has 0 bridgehead atoms. The van der Waals surface area contributed by atoms with Gasteiger partial charge in [0.15, 0.2) is 13.5 Å². The van der Waals surface area contributed by atoms with Crippen molar-refractivity contribution in [3.63, 3.8) is 0 Å². The van der Waals surface area contributed by atoms with Gasteiger partial charge < -0.3 is 19.3 Å². The Morgan fingerprint density at radius 2 is 1.11 bits per heavy atom. The maximum absolute atomic E-state index is 6.08. The fourth-order valence-electron chi connectivity index (χ4n) is 4.97. The van der Waals surface area contributed by atoms with E-state index in [0.29, 0.717) is 13.5 Å². The van der Waals surface area contributed by atoms with Gasteiger partial charge in [-0.1, -0.05) is 31.2 Å². The average molecular weight is 513 g/mol. The normalized spacial score (nSPS) is 14.7. The molecule has 0 spiro atoms. The van der Waals surface area contributed by atoms with Crippen molar-refractivity contribution >= 4 is 36.6 Å². The molecule has 4 aromatic carbocycles. The quantitative estimate of drug-likeness (QED) is 0.284. The molecule has 0 saturated carbocycles. The van der Waals surface area contributed by atoms with Crippen LogP contribution in [0.4, 0.5) is 11.4 Å². The van der Waals surface area contributed by atoms with Crippen molar-refractivity contribution < 1.29 is 9.47 Å². The molecule has 0 aliphatic carbocycles. The number of thiol groups is 2. The van der Waals surface area contributed by atoms with Gasteiger partial charge in [0.1, 0.15) is 11.5 Å². The third-order valence-electron chi connectivity index (χ3n) is 7.03. The molecular formula is C30H28N2O2S2. The van der Waals surface area contributed by atoms with Crippen molar-refractivity contribution in [2.45, 2.75) is 35.7 Å². The van der Waals surface area contributed by atoms with Gasteiger partial charge in [-0.25, -0.2) is 0 Å². The molecule has 0 radical (unpaired) electrons. The van der Waals surface area contributed by atoms with Crippen molar-refractivity contribution in [3.05, 3.63) is 107 Å². The zero-order valence-electron chi connectivity index (χ0n) is 20.1. The van der Waals surface area contributed by atoms with Crippen LogP contribution in [0.3, 0.4) is 0 Å². The van der Waals surface area contributed by atoms with Crippen molar-refractivity contribution in [2.24, 2.45) is 0 Å². The minimum atomic E-state index is 0.243. The maximum Gasteiger partial charge on any atom is 0.161 e. The minimum Gasteiger partial charge on any atom is -0.473 e. The highest BCUT2D eigenvalue weighted by Crippen LogP contribution is 2.36. The van der Waals surface area contributed by atoms with E-state index < -0.39 is 0 Å². The van der Waals surface area contributed by atoms with Gasteiger partial charge in [-0.15, -0.1) is 25.3 Å². The van der Waals surface area contributed by atoms with Crippen LogP contribution >= 0.6 is 25.3 Å². The molecule has 6 heteroatoms. The van der Waals surface area contributed by atoms with Crippen molar-refractivity contribution in [1.82, 2.24) is 0 Å². The first-order valence-electron chi connectivity index (χ1n) is 12.1. The Morgan fingerprint density at radius 3 is 1.56 bits per heavy atom. The molecule has 182 valence electrons. The molecule has 2 aliphatic heterocycles. The number of benzene rings is 4. The Labute approximate surface area is 223 Å². The molecule has 0 saturated heterocycles. The number of nitrogens with zero attached hydrogens (tertiary/aromatic N) is 2. The lowest BCUT2D eigenvalue weighted by Gasteiger charge is -2.32. The van der Waals surface area contributed by atoms with Crippen molar-refractivity contribution in [3.8, 4) is 11.5 Å². The number of hydrogen-bond acceptors (Lipinski definition) is 6. The molecule has 4 aromatic rings. The molecule has 0 amide bonds. The summed E-state index contributed by atoms with van der Waals surface area (Å²) >= 11 is 8.99. The van der Waals surface area contributed by atoms with Gasteiger partial charge in [-0.05, 0) is 71.8 Å². The van der Waals surface area contributed by atoms with Crippen LogP contribution in [0.15, 0.2) is 94.7 Å². The third-order valence-corrected chi connectivity index (χ3v) is 7.59. The number of fused-ring (bicyclic) bond motifs is 2. The first-order valence-corrected chi connectivity index (χ1v) is 13.0. The van der Waals surface area contributed by atoms with E-state index in [9.17, 15) is 0 Å². The SMILES string of the molecule is CC(c1ccc2c(c1)CN(c1cccc(S)c1)CO2)c1ccc2c(c1)CN(c1cccc(S)c1)CO2. The van der Waals surface area contributed by atoms with E-state index in [1.807, 2.05) is 24.3 Å². The second-order valence-electron chi connectivity index (χ2n) is 9.44. The third kappa shape index (κ3) is 4.63. The lowest BCUT2D eigenvalue weighted by Crippen LogP contribution is -2.32. The van der Waals surface area contributed by atoms with Crippen LogP contribution in [-0.2, 0) is 13.1 Å². The van der Waals surface area contributed by atoms with E-state index in [1.54, 1.807) is 0 Å². The number of anilines is 2. The second kappa shape index (κ2) is 9.68. The van der Waals surface area contributed by atoms with Crippen molar-refractivity contribution in [2.75, 3.05) is 23.3 Å². The highest BCUT2D eigenvalue weighted by atomic mass is 32.1. The van der Waals surface area contributed by atoms with Gasteiger partial charge in [0.25, 0.3) is 0 Å². The average Bonchev–Trinajstić information content (AvgIpc) is 2.91. The number of rotatable bonds is 4. The van der Waals surface area contributed by atoms with Gasteiger partial charge in [0.05, 0.1) is 0 Å². The zero-order chi connectivity index (χ0) is 24.6. The fraction of sp³-hybridized carbons (Fsp3) is 0.200. The summed E-state index contributed by atoms with van der Waals surface area (Å²) in [5, 5.41) is 0. The van der Waals surface area contributed by atoms with Crippen LogP contribution < -0.4 is 19.3 Å². The van der Waals surface area contributed by atoms with Crippen LogP contribution in [0, 0.1) is 0 Å². The summed E-state index contributed by atoms with van der Waals surface area (Å²) in [5.74, 6) is 2.17. The van der Waals surface area contributed by atoms with Gasteiger partial charge in [-0.2, -0.15) is 0 Å². The zero-order valence-corrected chi connectivity index (χ0v) is 21.9. The predicted octanol–water partition coefficient (Wildman–Crippen LogP) is 7.13. The molecule has 0 unspecified atom stereocenters. The summed E-state index contributed by atoms with van der Waals surface area (Å²) in [6.07, 6.45) is 0. The molecule has 36 heavy (non-hydrogen) atoms. The standard InChI is InChI=1S/C30H28N2O2S2/c1-20(21-8-10-29-23(12-21)16-31(18-33-29)25-4-2-6-27(35)14-25)22-9-11-30-24(13-22)17-32(19-34-30)26-5-3-7-28(36)15-26/h2-15,20,35-36H,16-19H2,1H3. The van der Waals surface area contributed by atoms with E-state index in [0.717, 1.165) is 45.8 Å². The molecule has 0 aromatic heterocycles. The molecule has 6 rings (SSSR count). The second-order valence-corrected chi connectivity index (χ2v) is 10.5. The smallest absolute Gasteiger partial charge is 0.161 e. The maximum atomic E-state index is 6.08. The molecule has 0 atom stereocenters. The predicted molar refractivity (Wildman–Crippen MR) is 151 cm³/mol. The van der Waals surface area contributed by atoms with Gasteiger partial charge in [0, 0.05) is 51.3 Å². The van der Waals surface area contributed by atoms with Crippen LogP contribution in [0.25, 0.3) is 0 Å². The van der Waals surface area contributed by atoms with Gasteiger partial charge in [0.2, 0.25) is 0 Å². The van der Waals surface area contributed by atoms with E-state index in [2.05, 4.69) is 103 Å². The Bertz CT molecular complexity index is 1320. The van der Waals surface area contributed by atoms with E-state index in [4.69, 9.17) is 9.47 Å². The molecule has 0 N–H and O–H groups in total. The monoisotopic (exact) mass is 512 g/mol. The fourth-order valence-corrected chi connectivity index (χ4v) is 5.40. The first kappa shape index (κ1) is 23.2.